The van der Waals surface area contributed by atoms with Crippen LogP contribution in [0.5, 0.6) is 0 Å². The Morgan fingerprint density at radius 1 is 1.13 bits per heavy atom. The van der Waals surface area contributed by atoms with Gasteiger partial charge in [-0.25, -0.2) is 0 Å². The number of aryl methyl sites for hydroxylation is 2. The summed E-state index contributed by atoms with van der Waals surface area (Å²) in [6.07, 6.45) is 0.0264. The predicted molar refractivity (Wildman–Crippen MR) is 89.2 cm³/mol. The van der Waals surface area contributed by atoms with Crippen molar-refractivity contribution in [1.29, 1.82) is 0 Å². The van der Waals surface area contributed by atoms with Crippen LogP contribution in [0, 0.1) is 24.0 Å². The smallest absolute Gasteiger partial charge is 0.273 e. The quantitative estimate of drug-likeness (QED) is 0.628. The van der Waals surface area contributed by atoms with E-state index in [4.69, 9.17) is 0 Å². The van der Waals surface area contributed by atoms with Crippen LogP contribution in [-0.4, -0.2) is 22.8 Å². The predicted octanol–water partition coefficient (Wildman–Crippen LogP) is 3.41. The minimum atomic E-state index is -0.452. The summed E-state index contributed by atoms with van der Waals surface area (Å²) in [5, 5.41) is 11.0. The van der Waals surface area contributed by atoms with Crippen LogP contribution in [0.3, 0.4) is 0 Å². The number of nitrogens with zero attached hydrogens (tertiary/aromatic N) is 2. The van der Waals surface area contributed by atoms with Gasteiger partial charge in [0.05, 0.1) is 11.3 Å². The van der Waals surface area contributed by atoms with E-state index in [1.54, 1.807) is 30.1 Å². The summed E-state index contributed by atoms with van der Waals surface area (Å²) in [5.74, 6) is -0.140. The molecular weight excluding hydrogens is 292 g/mol. The first-order chi connectivity index (χ1) is 10.9. The van der Waals surface area contributed by atoms with Gasteiger partial charge in [-0.1, -0.05) is 42.0 Å². The van der Waals surface area contributed by atoms with E-state index < -0.39 is 4.92 Å². The number of nitro benzene ring substituents is 1. The minimum Gasteiger partial charge on any atom is -0.341 e. The summed E-state index contributed by atoms with van der Waals surface area (Å²) < 4.78 is 0. The molecule has 0 aromatic heterocycles. The van der Waals surface area contributed by atoms with E-state index in [9.17, 15) is 14.9 Å². The summed E-state index contributed by atoms with van der Waals surface area (Å²) in [6.45, 7) is 4.54. The molecule has 5 heteroatoms. The van der Waals surface area contributed by atoms with Crippen LogP contribution in [0.1, 0.15) is 22.3 Å². The molecular formula is C18H20N2O3. The number of para-hydroxylation sites is 1. The molecule has 2 aromatic carbocycles. The lowest BCUT2D eigenvalue weighted by Crippen LogP contribution is -2.28. The molecule has 120 valence electrons. The van der Waals surface area contributed by atoms with Crippen molar-refractivity contribution in [2.75, 3.05) is 7.05 Å². The SMILES string of the molecule is Cc1ccc(CN(C)C(=O)Cc2ccccc2[N+](=O)[O-])c(C)c1. The minimum absolute atomic E-state index is 0.0132. The number of hydrogen-bond donors (Lipinski definition) is 0. The van der Waals surface area contributed by atoms with Crippen molar-refractivity contribution in [3.63, 3.8) is 0 Å². The third kappa shape index (κ3) is 4.16. The molecule has 0 aliphatic heterocycles. The largest absolute Gasteiger partial charge is 0.341 e. The maximum Gasteiger partial charge on any atom is 0.273 e. The number of nitro groups is 1. The van der Waals surface area contributed by atoms with Gasteiger partial charge < -0.3 is 4.90 Å². The van der Waals surface area contributed by atoms with Crippen LogP contribution >= 0.6 is 0 Å². The summed E-state index contributed by atoms with van der Waals surface area (Å²) in [7, 11) is 1.72. The van der Waals surface area contributed by atoms with Gasteiger partial charge in [0.15, 0.2) is 0 Å². The Bertz CT molecular complexity index is 741. The van der Waals surface area contributed by atoms with Gasteiger partial charge in [-0.05, 0) is 25.0 Å². The first-order valence-corrected chi connectivity index (χ1v) is 7.41. The Hall–Kier alpha value is -2.69. The molecule has 0 saturated carbocycles. The van der Waals surface area contributed by atoms with Crippen LogP contribution in [0.25, 0.3) is 0 Å². The third-order valence-electron chi connectivity index (χ3n) is 3.86. The first-order valence-electron chi connectivity index (χ1n) is 7.41. The fourth-order valence-corrected chi connectivity index (χ4v) is 2.50. The van der Waals surface area contributed by atoms with Gasteiger partial charge in [0.25, 0.3) is 5.69 Å². The molecule has 0 fully saturated rings. The van der Waals surface area contributed by atoms with E-state index in [1.807, 2.05) is 26.0 Å². The zero-order valence-electron chi connectivity index (χ0n) is 13.6. The van der Waals surface area contributed by atoms with Crippen molar-refractivity contribution in [2.24, 2.45) is 0 Å². The lowest BCUT2D eigenvalue weighted by molar-refractivity contribution is -0.385. The summed E-state index contributed by atoms with van der Waals surface area (Å²) in [4.78, 5) is 24.5. The summed E-state index contributed by atoms with van der Waals surface area (Å²) in [5.41, 5.74) is 3.82. The molecule has 0 N–H and O–H groups in total. The first kappa shape index (κ1) is 16.7. The van der Waals surface area contributed by atoms with Crippen molar-refractivity contribution >= 4 is 11.6 Å². The van der Waals surface area contributed by atoms with Gasteiger partial charge in [-0.3, -0.25) is 14.9 Å². The Morgan fingerprint density at radius 2 is 1.83 bits per heavy atom. The number of benzene rings is 2. The lowest BCUT2D eigenvalue weighted by atomic mass is 10.0. The Labute approximate surface area is 135 Å². The molecule has 2 rings (SSSR count). The molecule has 5 nitrogen and oxygen atoms in total. The van der Waals surface area contributed by atoms with Gasteiger partial charge in [0.1, 0.15) is 0 Å². The summed E-state index contributed by atoms with van der Waals surface area (Å²) >= 11 is 0. The van der Waals surface area contributed by atoms with Crippen molar-refractivity contribution in [2.45, 2.75) is 26.8 Å². The van der Waals surface area contributed by atoms with E-state index in [-0.39, 0.29) is 18.0 Å². The zero-order valence-corrected chi connectivity index (χ0v) is 13.6. The molecule has 0 saturated heterocycles. The number of carbonyl (C=O) groups is 1. The molecule has 23 heavy (non-hydrogen) atoms. The number of likely N-dealkylation sites (N-methyl/N-ethyl adjacent to an activating group) is 1. The highest BCUT2D eigenvalue weighted by atomic mass is 16.6. The van der Waals surface area contributed by atoms with Crippen molar-refractivity contribution in [1.82, 2.24) is 4.90 Å². The lowest BCUT2D eigenvalue weighted by Gasteiger charge is -2.19. The molecule has 0 aliphatic carbocycles. The highest BCUT2D eigenvalue weighted by molar-refractivity contribution is 5.79. The highest BCUT2D eigenvalue weighted by Gasteiger charge is 2.18. The monoisotopic (exact) mass is 312 g/mol. The molecule has 0 radical (unpaired) electrons. The van der Waals surface area contributed by atoms with Gasteiger partial charge in [0.2, 0.25) is 5.91 Å². The summed E-state index contributed by atoms with van der Waals surface area (Å²) in [6, 6.07) is 12.5. The van der Waals surface area contributed by atoms with Crippen LogP contribution in [0.2, 0.25) is 0 Å². The van der Waals surface area contributed by atoms with Crippen LogP contribution < -0.4 is 0 Å². The van der Waals surface area contributed by atoms with Crippen LogP contribution in [-0.2, 0) is 17.8 Å². The molecule has 0 spiro atoms. The molecule has 1 amide bonds. The van der Waals surface area contributed by atoms with Crippen molar-refractivity contribution in [3.05, 3.63) is 74.8 Å². The molecule has 0 aliphatic rings. The van der Waals surface area contributed by atoms with Crippen LogP contribution in [0.4, 0.5) is 5.69 Å². The van der Waals surface area contributed by atoms with E-state index >= 15 is 0 Å². The van der Waals surface area contributed by atoms with E-state index in [1.165, 1.54) is 11.6 Å². The van der Waals surface area contributed by atoms with Gasteiger partial charge in [0, 0.05) is 25.2 Å². The maximum absolute atomic E-state index is 12.4. The van der Waals surface area contributed by atoms with E-state index in [0.29, 0.717) is 12.1 Å². The molecule has 0 bridgehead atoms. The molecule has 0 heterocycles. The van der Waals surface area contributed by atoms with E-state index in [0.717, 1.165) is 11.1 Å². The van der Waals surface area contributed by atoms with Crippen molar-refractivity contribution in [3.8, 4) is 0 Å². The fourth-order valence-electron chi connectivity index (χ4n) is 2.50. The molecule has 0 atom stereocenters. The van der Waals surface area contributed by atoms with Gasteiger partial charge in [-0.15, -0.1) is 0 Å². The van der Waals surface area contributed by atoms with Crippen molar-refractivity contribution < 1.29 is 9.72 Å². The Morgan fingerprint density at radius 3 is 2.48 bits per heavy atom. The Kier molecular flexibility index (Phi) is 5.11. The topological polar surface area (TPSA) is 63.5 Å². The maximum atomic E-state index is 12.4. The van der Waals surface area contributed by atoms with E-state index in [2.05, 4.69) is 6.07 Å². The second-order valence-corrected chi connectivity index (χ2v) is 5.74. The highest BCUT2D eigenvalue weighted by Crippen LogP contribution is 2.19. The average Bonchev–Trinajstić information content (AvgIpc) is 2.50. The van der Waals surface area contributed by atoms with Gasteiger partial charge in [-0.2, -0.15) is 0 Å². The number of hydrogen-bond acceptors (Lipinski definition) is 3. The normalized spacial score (nSPS) is 10.4. The van der Waals surface area contributed by atoms with Crippen LogP contribution in [0.15, 0.2) is 42.5 Å². The number of carbonyl (C=O) groups excluding carboxylic acids is 1. The standard InChI is InChI=1S/C18H20N2O3/c1-13-8-9-16(14(2)10-13)12-19(3)18(21)11-15-6-4-5-7-17(15)20(22)23/h4-10H,11-12H2,1-3H3. The second kappa shape index (κ2) is 7.05. The second-order valence-electron chi connectivity index (χ2n) is 5.74. The van der Waals surface area contributed by atoms with Gasteiger partial charge >= 0.3 is 0 Å². The molecule has 0 unspecified atom stereocenters. The zero-order chi connectivity index (χ0) is 17.0. The average molecular weight is 312 g/mol. The number of amides is 1. The number of rotatable bonds is 5. The third-order valence-corrected chi connectivity index (χ3v) is 3.86. The molecule has 2 aromatic rings. The Balaban J connectivity index is 2.10. The fraction of sp³-hybridized carbons (Fsp3) is 0.278.